The standard InChI is InChI=1S/C21H18F4N4O/c22-17-12-16(10-13-6-7-18(28-19(13)17)29-8-1-2-9-29)27-20(30)26-15-5-3-4-14(11-15)21(23,24)25/h3-7,10-12H,1-2,8-9H2,(H2,26,27,30). The molecule has 1 aromatic heterocycles. The van der Waals surface area contributed by atoms with Gasteiger partial charge in [0.2, 0.25) is 0 Å². The highest BCUT2D eigenvalue weighted by atomic mass is 19.4. The molecule has 0 radical (unpaired) electrons. The molecule has 0 aliphatic carbocycles. The van der Waals surface area contributed by atoms with Crippen LogP contribution in [0.1, 0.15) is 18.4 Å². The van der Waals surface area contributed by atoms with Crippen LogP contribution in [0.4, 0.5) is 39.5 Å². The van der Waals surface area contributed by atoms with Gasteiger partial charge in [0.25, 0.3) is 0 Å². The molecule has 3 aromatic rings. The van der Waals surface area contributed by atoms with Crippen LogP contribution in [0.25, 0.3) is 10.9 Å². The van der Waals surface area contributed by atoms with Gasteiger partial charge < -0.3 is 15.5 Å². The van der Waals surface area contributed by atoms with Crippen molar-refractivity contribution in [2.45, 2.75) is 19.0 Å². The van der Waals surface area contributed by atoms with Crippen molar-refractivity contribution < 1.29 is 22.4 Å². The number of carbonyl (C=O) groups excluding carboxylic acids is 1. The van der Waals surface area contributed by atoms with Gasteiger partial charge in [-0.15, -0.1) is 0 Å². The molecule has 0 saturated carbocycles. The number of amides is 2. The Morgan fingerprint density at radius 1 is 0.967 bits per heavy atom. The summed E-state index contributed by atoms with van der Waals surface area (Å²) in [7, 11) is 0. The molecule has 9 heteroatoms. The van der Waals surface area contributed by atoms with Gasteiger partial charge in [-0.05, 0) is 55.3 Å². The second kappa shape index (κ2) is 7.81. The summed E-state index contributed by atoms with van der Waals surface area (Å²) in [4.78, 5) is 18.7. The van der Waals surface area contributed by atoms with Gasteiger partial charge in [-0.3, -0.25) is 0 Å². The van der Waals surface area contributed by atoms with Crippen molar-refractivity contribution in [1.82, 2.24) is 4.98 Å². The number of aromatic nitrogens is 1. The number of rotatable bonds is 3. The van der Waals surface area contributed by atoms with E-state index in [1.165, 1.54) is 12.1 Å². The third kappa shape index (κ3) is 4.29. The fourth-order valence-electron chi connectivity index (χ4n) is 3.44. The number of nitrogens with zero attached hydrogens (tertiary/aromatic N) is 2. The number of benzene rings is 2. The number of hydrogen-bond acceptors (Lipinski definition) is 3. The van der Waals surface area contributed by atoms with E-state index in [0.717, 1.165) is 44.1 Å². The summed E-state index contributed by atoms with van der Waals surface area (Å²) in [6.45, 7) is 1.77. The van der Waals surface area contributed by atoms with Crippen LogP contribution in [0.15, 0.2) is 48.5 Å². The summed E-state index contributed by atoms with van der Waals surface area (Å²) >= 11 is 0. The van der Waals surface area contributed by atoms with E-state index in [2.05, 4.69) is 20.5 Å². The quantitative estimate of drug-likeness (QED) is 0.542. The molecule has 2 N–H and O–H groups in total. The zero-order valence-corrected chi connectivity index (χ0v) is 15.8. The summed E-state index contributed by atoms with van der Waals surface area (Å²) in [5.41, 5.74) is -0.541. The second-order valence-electron chi connectivity index (χ2n) is 7.05. The van der Waals surface area contributed by atoms with Crippen molar-refractivity contribution >= 4 is 34.1 Å². The monoisotopic (exact) mass is 418 g/mol. The number of nitrogens with one attached hydrogen (secondary N) is 2. The minimum atomic E-state index is -4.52. The number of anilines is 3. The Labute approximate surface area is 169 Å². The molecule has 0 atom stereocenters. The molecular formula is C21H18F4N4O. The molecule has 2 amide bonds. The Balaban J connectivity index is 1.51. The third-order valence-electron chi connectivity index (χ3n) is 4.87. The van der Waals surface area contributed by atoms with Crippen LogP contribution in [0.5, 0.6) is 0 Å². The van der Waals surface area contributed by atoms with Crippen LogP contribution in [-0.4, -0.2) is 24.1 Å². The highest BCUT2D eigenvalue weighted by molar-refractivity contribution is 6.01. The molecule has 0 bridgehead atoms. The Morgan fingerprint density at radius 3 is 2.43 bits per heavy atom. The lowest BCUT2D eigenvalue weighted by Gasteiger charge is -2.17. The lowest BCUT2D eigenvalue weighted by Crippen LogP contribution is -2.20. The first-order chi connectivity index (χ1) is 14.3. The number of urea groups is 1. The summed E-state index contributed by atoms with van der Waals surface area (Å²) < 4.78 is 53.0. The highest BCUT2D eigenvalue weighted by Gasteiger charge is 2.30. The average Bonchev–Trinajstić information content (AvgIpc) is 3.22. The third-order valence-corrected chi connectivity index (χ3v) is 4.87. The fourth-order valence-corrected chi connectivity index (χ4v) is 3.44. The molecule has 2 heterocycles. The number of pyridine rings is 1. The van der Waals surface area contributed by atoms with Gasteiger partial charge in [0.15, 0.2) is 5.82 Å². The Kier molecular flexibility index (Phi) is 5.19. The minimum Gasteiger partial charge on any atom is -0.357 e. The van der Waals surface area contributed by atoms with Gasteiger partial charge in [0.05, 0.1) is 5.56 Å². The molecule has 30 heavy (non-hydrogen) atoms. The average molecular weight is 418 g/mol. The number of hydrogen-bond donors (Lipinski definition) is 2. The maximum atomic E-state index is 14.6. The molecule has 0 unspecified atom stereocenters. The molecule has 4 rings (SSSR count). The van der Waals surface area contributed by atoms with Crippen molar-refractivity contribution in [2.75, 3.05) is 28.6 Å². The van der Waals surface area contributed by atoms with E-state index >= 15 is 0 Å². The lowest BCUT2D eigenvalue weighted by atomic mass is 10.2. The van der Waals surface area contributed by atoms with Crippen molar-refractivity contribution in [3.63, 3.8) is 0 Å². The maximum absolute atomic E-state index is 14.6. The van der Waals surface area contributed by atoms with Gasteiger partial charge in [-0.25, -0.2) is 14.2 Å². The molecule has 1 aliphatic heterocycles. The molecule has 156 valence electrons. The molecule has 5 nitrogen and oxygen atoms in total. The van der Waals surface area contributed by atoms with Gasteiger partial charge in [-0.2, -0.15) is 13.2 Å². The minimum absolute atomic E-state index is 0.0273. The van der Waals surface area contributed by atoms with E-state index in [-0.39, 0.29) is 16.9 Å². The Morgan fingerprint density at radius 2 is 1.70 bits per heavy atom. The van der Waals surface area contributed by atoms with E-state index in [4.69, 9.17) is 0 Å². The van der Waals surface area contributed by atoms with E-state index in [1.54, 1.807) is 18.2 Å². The number of carbonyl (C=O) groups is 1. The Hall–Kier alpha value is -3.36. The van der Waals surface area contributed by atoms with Crippen molar-refractivity contribution in [3.05, 3.63) is 59.9 Å². The van der Waals surface area contributed by atoms with Gasteiger partial charge in [0.1, 0.15) is 11.3 Å². The van der Waals surface area contributed by atoms with Gasteiger partial charge in [0, 0.05) is 29.9 Å². The van der Waals surface area contributed by atoms with Gasteiger partial charge >= 0.3 is 12.2 Å². The van der Waals surface area contributed by atoms with Crippen LogP contribution in [0.2, 0.25) is 0 Å². The lowest BCUT2D eigenvalue weighted by molar-refractivity contribution is -0.137. The summed E-state index contributed by atoms with van der Waals surface area (Å²) in [5.74, 6) is 0.116. The van der Waals surface area contributed by atoms with Crippen LogP contribution in [-0.2, 0) is 6.18 Å². The van der Waals surface area contributed by atoms with Crippen molar-refractivity contribution in [2.24, 2.45) is 0 Å². The van der Waals surface area contributed by atoms with Gasteiger partial charge in [-0.1, -0.05) is 6.07 Å². The number of halogens is 4. The maximum Gasteiger partial charge on any atom is 0.416 e. The first-order valence-corrected chi connectivity index (χ1v) is 9.40. The Bertz CT molecular complexity index is 1090. The highest BCUT2D eigenvalue weighted by Crippen LogP contribution is 2.31. The largest absolute Gasteiger partial charge is 0.416 e. The smallest absolute Gasteiger partial charge is 0.357 e. The molecule has 1 aliphatic rings. The van der Waals surface area contributed by atoms with E-state index in [9.17, 15) is 22.4 Å². The molecule has 2 aromatic carbocycles. The van der Waals surface area contributed by atoms with E-state index in [1.807, 2.05) is 0 Å². The second-order valence-corrected chi connectivity index (χ2v) is 7.05. The predicted molar refractivity (Wildman–Crippen MR) is 107 cm³/mol. The summed E-state index contributed by atoms with van der Waals surface area (Å²) in [5, 5.41) is 5.27. The number of alkyl halides is 3. The van der Waals surface area contributed by atoms with Crippen molar-refractivity contribution in [3.8, 4) is 0 Å². The molecule has 1 saturated heterocycles. The molecule has 0 spiro atoms. The topological polar surface area (TPSA) is 57.3 Å². The zero-order valence-electron chi connectivity index (χ0n) is 15.8. The van der Waals surface area contributed by atoms with Crippen LogP contribution in [0, 0.1) is 5.82 Å². The van der Waals surface area contributed by atoms with E-state index in [0.29, 0.717) is 11.2 Å². The summed E-state index contributed by atoms with van der Waals surface area (Å²) in [6, 6.07) is 9.70. The van der Waals surface area contributed by atoms with Crippen molar-refractivity contribution in [1.29, 1.82) is 0 Å². The van der Waals surface area contributed by atoms with Crippen LogP contribution >= 0.6 is 0 Å². The van der Waals surface area contributed by atoms with Crippen LogP contribution in [0.3, 0.4) is 0 Å². The SMILES string of the molecule is O=C(Nc1cccc(C(F)(F)F)c1)Nc1cc(F)c2nc(N3CCCC3)ccc2c1. The first kappa shape index (κ1) is 19.9. The van der Waals surface area contributed by atoms with E-state index < -0.39 is 23.6 Å². The normalized spacial score (nSPS) is 14.2. The zero-order chi connectivity index (χ0) is 21.3. The molecule has 1 fully saturated rings. The van der Waals surface area contributed by atoms with Crippen LogP contribution < -0.4 is 15.5 Å². The first-order valence-electron chi connectivity index (χ1n) is 9.40. The molecular weight excluding hydrogens is 400 g/mol. The number of fused-ring (bicyclic) bond motifs is 1. The predicted octanol–water partition coefficient (Wildman–Crippen LogP) is 5.64. The summed E-state index contributed by atoms with van der Waals surface area (Å²) in [6.07, 6.45) is -2.37. The fraction of sp³-hybridized carbons (Fsp3) is 0.238.